The molecule has 0 aliphatic carbocycles. The molecule has 0 radical (unpaired) electrons. The Morgan fingerprint density at radius 3 is 2.27 bits per heavy atom. The molecular formula is C22H29N5O3. The van der Waals surface area contributed by atoms with Gasteiger partial charge in [-0.1, -0.05) is 13.0 Å². The molecule has 1 heterocycles. The lowest BCUT2D eigenvalue weighted by Gasteiger charge is -2.19. The third-order valence-electron chi connectivity index (χ3n) is 4.64. The summed E-state index contributed by atoms with van der Waals surface area (Å²) in [7, 11) is 0. The van der Waals surface area contributed by atoms with Crippen molar-refractivity contribution in [2.24, 2.45) is 0 Å². The van der Waals surface area contributed by atoms with Crippen LogP contribution in [0.4, 0.5) is 17.2 Å². The van der Waals surface area contributed by atoms with Gasteiger partial charge in [0.1, 0.15) is 5.82 Å². The quantitative estimate of drug-likeness (QED) is 0.580. The number of benzene rings is 1. The minimum Gasteiger partial charge on any atom is -0.357 e. The molecule has 0 saturated heterocycles. The van der Waals surface area contributed by atoms with Gasteiger partial charge in [-0.2, -0.15) is 0 Å². The van der Waals surface area contributed by atoms with Crippen molar-refractivity contribution in [3.8, 4) is 0 Å². The van der Waals surface area contributed by atoms with Crippen molar-refractivity contribution >= 4 is 34.9 Å². The van der Waals surface area contributed by atoms with Crippen LogP contribution in [0.5, 0.6) is 0 Å². The third kappa shape index (κ3) is 6.30. The Balaban J connectivity index is 1.90. The molecule has 0 saturated carbocycles. The van der Waals surface area contributed by atoms with Crippen molar-refractivity contribution in [1.82, 2.24) is 10.3 Å². The van der Waals surface area contributed by atoms with Gasteiger partial charge in [0.05, 0.1) is 0 Å². The molecule has 0 bridgehead atoms. The normalized spacial score (nSPS) is 10.3. The van der Waals surface area contributed by atoms with E-state index >= 15 is 0 Å². The number of carbonyl (C=O) groups is 3. The summed E-state index contributed by atoms with van der Waals surface area (Å²) in [6.07, 6.45) is 2.07. The second-order valence-corrected chi connectivity index (χ2v) is 6.77. The highest BCUT2D eigenvalue weighted by Crippen LogP contribution is 2.20. The summed E-state index contributed by atoms with van der Waals surface area (Å²) in [5, 5.41) is 7.94. The van der Waals surface area contributed by atoms with Gasteiger partial charge in [0.25, 0.3) is 0 Å². The Hall–Kier alpha value is -3.42. The van der Waals surface area contributed by atoms with Crippen LogP contribution in [-0.2, 0) is 20.9 Å². The third-order valence-corrected chi connectivity index (χ3v) is 4.64. The average Bonchev–Trinajstić information content (AvgIpc) is 2.75. The second kappa shape index (κ2) is 10.9. The Morgan fingerprint density at radius 2 is 1.70 bits per heavy atom. The Labute approximate surface area is 177 Å². The minimum atomic E-state index is -0.757. The molecule has 3 amide bonds. The van der Waals surface area contributed by atoms with Gasteiger partial charge in [-0.05, 0) is 56.2 Å². The Bertz CT molecular complexity index is 892. The summed E-state index contributed by atoms with van der Waals surface area (Å²) in [6.45, 7) is 9.65. The van der Waals surface area contributed by atoms with Crippen LogP contribution in [0.15, 0.2) is 36.5 Å². The number of nitrogens with one attached hydrogen (secondary N) is 3. The largest absolute Gasteiger partial charge is 0.357 e. The highest BCUT2D eigenvalue weighted by molar-refractivity contribution is 6.39. The van der Waals surface area contributed by atoms with Crippen LogP contribution >= 0.6 is 0 Å². The molecule has 1 aromatic carbocycles. The molecule has 0 spiro atoms. The summed E-state index contributed by atoms with van der Waals surface area (Å²) in [5.41, 5.74) is 2.74. The first kappa shape index (κ1) is 22.9. The average molecular weight is 412 g/mol. The number of amides is 3. The molecule has 30 heavy (non-hydrogen) atoms. The van der Waals surface area contributed by atoms with Crippen LogP contribution in [0.2, 0.25) is 0 Å². The molecule has 1 aromatic heterocycles. The lowest BCUT2D eigenvalue weighted by molar-refractivity contribution is -0.136. The summed E-state index contributed by atoms with van der Waals surface area (Å²) in [4.78, 5) is 42.3. The van der Waals surface area contributed by atoms with E-state index in [2.05, 4.69) is 39.7 Å². The molecule has 3 N–H and O–H groups in total. The van der Waals surface area contributed by atoms with E-state index in [-0.39, 0.29) is 12.5 Å². The van der Waals surface area contributed by atoms with Crippen molar-refractivity contribution in [2.75, 3.05) is 28.6 Å². The summed E-state index contributed by atoms with van der Waals surface area (Å²) < 4.78 is 0. The van der Waals surface area contributed by atoms with Crippen LogP contribution in [0.3, 0.4) is 0 Å². The number of rotatable bonds is 8. The highest BCUT2D eigenvalue weighted by Gasteiger charge is 2.14. The van der Waals surface area contributed by atoms with Crippen molar-refractivity contribution in [3.63, 3.8) is 0 Å². The molecule has 2 rings (SSSR count). The van der Waals surface area contributed by atoms with Gasteiger partial charge in [0.2, 0.25) is 5.91 Å². The zero-order chi connectivity index (χ0) is 22.1. The standard InChI is InChI=1S/C22H29N5O3/c1-5-20(28)26-18-10-9-17(12-15(18)4)25-22(30)21(29)24-14-16-8-11-19(23-13-16)27(6-2)7-3/h8-13H,5-7,14H2,1-4H3,(H,24,29)(H,25,30)(H,26,28). The van der Waals surface area contributed by atoms with Gasteiger partial charge in [0, 0.05) is 43.6 Å². The molecule has 0 fully saturated rings. The second-order valence-electron chi connectivity index (χ2n) is 6.77. The Morgan fingerprint density at radius 1 is 0.967 bits per heavy atom. The van der Waals surface area contributed by atoms with E-state index in [0.29, 0.717) is 17.8 Å². The molecule has 0 atom stereocenters. The lowest BCUT2D eigenvalue weighted by atomic mass is 10.1. The van der Waals surface area contributed by atoms with E-state index in [4.69, 9.17) is 0 Å². The molecule has 0 aliphatic rings. The number of hydrogen-bond donors (Lipinski definition) is 3. The number of aryl methyl sites for hydroxylation is 1. The van der Waals surface area contributed by atoms with Crippen molar-refractivity contribution < 1.29 is 14.4 Å². The maximum atomic E-state index is 12.2. The van der Waals surface area contributed by atoms with Crippen LogP contribution in [-0.4, -0.2) is 35.8 Å². The zero-order valence-electron chi connectivity index (χ0n) is 17.9. The van der Waals surface area contributed by atoms with E-state index in [0.717, 1.165) is 30.0 Å². The molecule has 8 heteroatoms. The number of pyridine rings is 1. The lowest BCUT2D eigenvalue weighted by Crippen LogP contribution is -2.35. The number of aromatic nitrogens is 1. The first-order valence-electron chi connectivity index (χ1n) is 10.1. The fourth-order valence-electron chi connectivity index (χ4n) is 2.83. The van der Waals surface area contributed by atoms with E-state index < -0.39 is 11.8 Å². The SMILES string of the molecule is CCC(=O)Nc1ccc(NC(=O)C(=O)NCc2ccc(N(CC)CC)nc2)cc1C. The fraction of sp³-hybridized carbons (Fsp3) is 0.364. The van der Waals surface area contributed by atoms with Crippen LogP contribution in [0.25, 0.3) is 0 Å². The van der Waals surface area contributed by atoms with E-state index in [1.165, 1.54) is 0 Å². The van der Waals surface area contributed by atoms with Gasteiger partial charge in [-0.15, -0.1) is 0 Å². The molecule has 0 unspecified atom stereocenters. The van der Waals surface area contributed by atoms with Crippen LogP contribution in [0.1, 0.15) is 38.3 Å². The van der Waals surface area contributed by atoms with Gasteiger partial charge >= 0.3 is 11.8 Å². The molecule has 160 valence electrons. The molecule has 0 aliphatic heterocycles. The first-order valence-corrected chi connectivity index (χ1v) is 10.1. The fourth-order valence-corrected chi connectivity index (χ4v) is 2.83. The zero-order valence-corrected chi connectivity index (χ0v) is 17.9. The van der Waals surface area contributed by atoms with Crippen molar-refractivity contribution in [1.29, 1.82) is 0 Å². The van der Waals surface area contributed by atoms with Crippen molar-refractivity contribution in [2.45, 2.75) is 40.7 Å². The molecular weight excluding hydrogens is 382 g/mol. The van der Waals surface area contributed by atoms with Gasteiger partial charge in [0.15, 0.2) is 0 Å². The topological polar surface area (TPSA) is 103 Å². The van der Waals surface area contributed by atoms with E-state index in [9.17, 15) is 14.4 Å². The smallest absolute Gasteiger partial charge is 0.313 e. The number of carbonyl (C=O) groups excluding carboxylic acids is 3. The summed E-state index contributed by atoms with van der Waals surface area (Å²) >= 11 is 0. The predicted molar refractivity (Wildman–Crippen MR) is 118 cm³/mol. The monoisotopic (exact) mass is 411 g/mol. The number of anilines is 3. The minimum absolute atomic E-state index is 0.0890. The number of nitrogens with zero attached hydrogens (tertiary/aromatic N) is 2. The Kier molecular flexibility index (Phi) is 8.34. The maximum Gasteiger partial charge on any atom is 0.313 e. The number of hydrogen-bond acceptors (Lipinski definition) is 5. The van der Waals surface area contributed by atoms with Crippen molar-refractivity contribution in [3.05, 3.63) is 47.7 Å². The van der Waals surface area contributed by atoms with E-state index in [1.54, 1.807) is 31.3 Å². The molecule has 2 aromatic rings. The van der Waals surface area contributed by atoms with Crippen LogP contribution < -0.4 is 20.9 Å². The summed E-state index contributed by atoms with van der Waals surface area (Å²) in [6, 6.07) is 8.81. The van der Waals surface area contributed by atoms with Gasteiger partial charge in [-0.25, -0.2) is 4.98 Å². The van der Waals surface area contributed by atoms with E-state index in [1.807, 2.05) is 19.1 Å². The first-order chi connectivity index (χ1) is 14.4. The van der Waals surface area contributed by atoms with Gasteiger partial charge in [-0.3, -0.25) is 14.4 Å². The predicted octanol–water partition coefficient (Wildman–Crippen LogP) is 2.84. The van der Waals surface area contributed by atoms with Crippen LogP contribution in [0, 0.1) is 6.92 Å². The highest BCUT2D eigenvalue weighted by atomic mass is 16.2. The maximum absolute atomic E-state index is 12.2. The summed E-state index contributed by atoms with van der Waals surface area (Å²) in [5.74, 6) is -0.702. The van der Waals surface area contributed by atoms with Gasteiger partial charge < -0.3 is 20.9 Å². The molecule has 8 nitrogen and oxygen atoms in total.